The van der Waals surface area contributed by atoms with Crippen molar-refractivity contribution in [3.8, 4) is 5.75 Å². The average Bonchev–Trinajstić information content (AvgIpc) is 2.38. The standard InChI is InChI=1S/C18H32N2O/c1-14(2)11-17(20(5)6)13-19-12-16-9-7-8-10-18(16)21-15(3)4/h7-10,14-15,17,19H,11-13H2,1-6H3. The largest absolute Gasteiger partial charge is 0.491 e. The molecule has 0 saturated carbocycles. The molecule has 0 fully saturated rings. The van der Waals surface area contributed by atoms with E-state index in [1.807, 2.05) is 6.07 Å². The molecule has 0 aliphatic carbocycles. The van der Waals surface area contributed by atoms with Crippen molar-refractivity contribution in [1.82, 2.24) is 10.2 Å². The van der Waals surface area contributed by atoms with E-state index in [4.69, 9.17) is 4.74 Å². The van der Waals surface area contributed by atoms with Gasteiger partial charge in [0.05, 0.1) is 6.10 Å². The Morgan fingerprint density at radius 2 is 1.76 bits per heavy atom. The van der Waals surface area contributed by atoms with Crippen LogP contribution in [0, 0.1) is 5.92 Å². The lowest BCUT2D eigenvalue weighted by Gasteiger charge is -2.26. The van der Waals surface area contributed by atoms with Gasteiger partial charge in [-0.3, -0.25) is 0 Å². The minimum atomic E-state index is 0.210. The van der Waals surface area contributed by atoms with Crippen molar-refractivity contribution < 1.29 is 4.74 Å². The first kappa shape index (κ1) is 18.0. The summed E-state index contributed by atoms with van der Waals surface area (Å²) in [6, 6.07) is 8.86. The molecule has 1 rings (SSSR count). The van der Waals surface area contributed by atoms with Gasteiger partial charge in [-0.15, -0.1) is 0 Å². The molecule has 0 spiro atoms. The smallest absolute Gasteiger partial charge is 0.124 e. The molecular formula is C18H32N2O. The van der Waals surface area contributed by atoms with Crippen LogP contribution in [0.1, 0.15) is 39.7 Å². The van der Waals surface area contributed by atoms with E-state index in [0.717, 1.165) is 24.8 Å². The fourth-order valence-corrected chi connectivity index (χ4v) is 2.41. The Morgan fingerprint density at radius 1 is 1.10 bits per heavy atom. The molecule has 0 saturated heterocycles. The van der Waals surface area contributed by atoms with Gasteiger partial charge in [-0.2, -0.15) is 0 Å². The fraction of sp³-hybridized carbons (Fsp3) is 0.667. The van der Waals surface area contributed by atoms with E-state index in [0.29, 0.717) is 6.04 Å². The summed E-state index contributed by atoms with van der Waals surface area (Å²) in [5.41, 5.74) is 1.23. The van der Waals surface area contributed by atoms with Gasteiger partial charge in [0, 0.05) is 24.7 Å². The third-order valence-corrected chi connectivity index (χ3v) is 3.50. The maximum absolute atomic E-state index is 5.86. The molecule has 1 atom stereocenters. The first-order chi connectivity index (χ1) is 9.90. The minimum Gasteiger partial charge on any atom is -0.491 e. The van der Waals surface area contributed by atoms with E-state index in [2.05, 4.69) is 70.2 Å². The van der Waals surface area contributed by atoms with Crippen molar-refractivity contribution in [1.29, 1.82) is 0 Å². The number of rotatable bonds is 9. The zero-order valence-corrected chi connectivity index (χ0v) is 14.5. The Hall–Kier alpha value is -1.06. The third kappa shape index (κ3) is 6.96. The van der Waals surface area contributed by atoms with Crippen molar-refractivity contribution >= 4 is 0 Å². The summed E-state index contributed by atoms with van der Waals surface area (Å²) in [5.74, 6) is 1.71. The van der Waals surface area contributed by atoms with E-state index in [9.17, 15) is 0 Å². The number of hydrogen-bond donors (Lipinski definition) is 1. The van der Waals surface area contributed by atoms with Crippen LogP contribution in [0.15, 0.2) is 24.3 Å². The number of likely N-dealkylation sites (N-methyl/N-ethyl adjacent to an activating group) is 1. The summed E-state index contributed by atoms with van der Waals surface area (Å²) < 4.78 is 5.86. The SMILES string of the molecule is CC(C)CC(CNCc1ccccc1OC(C)C)N(C)C. The van der Waals surface area contributed by atoms with Crippen molar-refractivity contribution in [2.24, 2.45) is 5.92 Å². The van der Waals surface area contributed by atoms with Gasteiger partial charge in [0.15, 0.2) is 0 Å². The quantitative estimate of drug-likeness (QED) is 0.753. The number of nitrogens with zero attached hydrogens (tertiary/aromatic N) is 1. The van der Waals surface area contributed by atoms with Crippen molar-refractivity contribution in [2.45, 2.75) is 52.8 Å². The summed E-state index contributed by atoms with van der Waals surface area (Å²) in [5, 5.41) is 3.58. The van der Waals surface area contributed by atoms with E-state index in [1.54, 1.807) is 0 Å². The zero-order chi connectivity index (χ0) is 15.8. The lowest BCUT2D eigenvalue weighted by molar-refractivity contribution is 0.236. The van der Waals surface area contributed by atoms with Gasteiger partial charge >= 0.3 is 0 Å². The maximum atomic E-state index is 5.86. The van der Waals surface area contributed by atoms with Crippen LogP contribution >= 0.6 is 0 Å². The fourth-order valence-electron chi connectivity index (χ4n) is 2.41. The van der Waals surface area contributed by atoms with Crippen molar-refractivity contribution in [3.63, 3.8) is 0 Å². The van der Waals surface area contributed by atoms with Gasteiger partial charge in [0.1, 0.15) is 5.75 Å². The Kier molecular flexibility index (Phi) is 7.76. The molecule has 0 aliphatic rings. The lowest BCUT2D eigenvalue weighted by atomic mass is 10.0. The first-order valence-corrected chi connectivity index (χ1v) is 8.01. The van der Waals surface area contributed by atoms with E-state index >= 15 is 0 Å². The Bertz CT molecular complexity index is 402. The molecule has 0 aliphatic heterocycles. The minimum absolute atomic E-state index is 0.210. The molecule has 0 amide bonds. The Morgan fingerprint density at radius 3 is 2.33 bits per heavy atom. The van der Waals surface area contributed by atoms with Gasteiger partial charge in [0.2, 0.25) is 0 Å². The van der Waals surface area contributed by atoms with Crippen LogP contribution in [-0.4, -0.2) is 37.7 Å². The number of benzene rings is 1. The summed E-state index contributed by atoms with van der Waals surface area (Å²) in [6.07, 6.45) is 1.42. The van der Waals surface area contributed by atoms with Crippen LogP contribution in [0.25, 0.3) is 0 Å². The van der Waals surface area contributed by atoms with Crippen LogP contribution in [0.5, 0.6) is 5.75 Å². The van der Waals surface area contributed by atoms with Gasteiger partial charge in [-0.25, -0.2) is 0 Å². The normalized spacial score (nSPS) is 13.2. The predicted molar refractivity (Wildman–Crippen MR) is 90.8 cm³/mol. The summed E-state index contributed by atoms with van der Waals surface area (Å²) in [6.45, 7) is 10.5. The van der Waals surface area contributed by atoms with Crippen LogP contribution < -0.4 is 10.1 Å². The summed E-state index contributed by atoms with van der Waals surface area (Å²) in [4.78, 5) is 2.31. The lowest BCUT2D eigenvalue weighted by Crippen LogP contribution is -2.38. The number of nitrogens with one attached hydrogen (secondary N) is 1. The summed E-state index contributed by atoms with van der Waals surface area (Å²) >= 11 is 0. The number of para-hydroxylation sites is 1. The van der Waals surface area contributed by atoms with Gasteiger partial charge in [-0.1, -0.05) is 32.0 Å². The van der Waals surface area contributed by atoms with Gasteiger partial charge < -0.3 is 15.0 Å². The molecular weight excluding hydrogens is 260 g/mol. The molecule has 0 heterocycles. The highest BCUT2D eigenvalue weighted by molar-refractivity contribution is 5.33. The Labute approximate surface area is 130 Å². The van der Waals surface area contributed by atoms with E-state index < -0.39 is 0 Å². The molecule has 21 heavy (non-hydrogen) atoms. The summed E-state index contributed by atoms with van der Waals surface area (Å²) in [7, 11) is 4.31. The van der Waals surface area contributed by atoms with Crippen LogP contribution in [0.2, 0.25) is 0 Å². The molecule has 1 aromatic rings. The van der Waals surface area contributed by atoms with Gasteiger partial charge in [0.25, 0.3) is 0 Å². The zero-order valence-electron chi connectivity index (χ0n) is 14.5. The second-order valence-electron chi connectivity index (χ2n) is 6.65. The third-order valence-electron chi connectivity index (χ3n) is 3.50. The highest BCUT2D eigenvalue weighted by Gasteiger charge is 2.13. The van der Waals surface area contributed by atoms with Crippen molar-refractivity contribution in [3.05, 3.63) is 29.8 Å². The second kappa shape index (κ2) is 9.06. The number of hydrogen-bond acceptors (Lipinski definition) is 3. The van der Waals surface area contributed by atoms with Crippen LogP contribution in [0.3, 0.4) is 0 Å². The molecule has 0 aromatic heterocycles. The van der Waals surface area contributed by atoms with Gasteiger partial charge in [-0.05, 0) is 46.3 Å². The molecule has 120 valence electrons. The predicted octanol–water partition coefficient (Wildman–Crippen LogP) is 3.54. The molecule has 1 unspecified atom stereocenters. The maximum Gasteiger partial charge on any atom is 0.124 e. The molecule has 0 radical (unpaired) electrons. The highest BCUT2D eigenvalue weighted by atomic mass is 16.5. The Balaban J connectivity index is 2.54. The first-order valence-electron chi connectivity index (χ1n) is 8.01. The average molecular weight is 292 g/mol. The molecule has 1 N–H and O–H groups in total. The second-order valence-corrected chi connectivity index (χ2v) is 6.65. The highest BCUT2D eigenvalue weighted by Crippen LogP contribution is 2.19. The van der Waals surface area contributed by atoms with Crippen LogP contribution in [-0.2, 0) is 6.54 Å². The van der Waals surface area contributed by atoms with Crippen LogP contribution in [0.4, 0.5) is 0 Å². The van der Waals surface area contributed by atoms with Crippen molar-refractivity contribution in [2.75, 3.05) is 20.6 Å². The monoisotopic (exact) mass is 292 g/mol. The molecule has 1 aromatic carbocycles. The number of ether oxygens (including phenoxy) is 1. The molecule has 0 bridgehead atoms. The molecule has 3 nitrogen and oxygen atoms in total. The topological polar surface area (TPSA) is 24.5 Å². The van der Waals surface area contributed by atoms with E-state index in [-0.39, 0.29) is 6.10 Å². The molecule has 3 heteroatoms. The van der Waals surface area contributed by atoms with E-state index in [1.165, 1.54) is 12.0 Å².